The molecule has 0 bridgehead atoms. The zero-order chi connectivity index (χ0) is 18.1. The van der Waals surface area contributed by atoms with E-state index >= 15 is 0 Å². The number of nitrogens with zero attached hydrogens (tertiary/aromatic N) is 2. The SMILES string of the molecule is O=S(=O)(CC1CCC(n2cccn2)CC1)c1cccc(C(F)(F)F)c1. The van der Waals surface area contributed by atoms with E-state index in [1.165, 1.54) is 6.07 Å². The van der Waals surface area contributed by atoms with Crippen molar-refractivity contribution in [1.29, 1.82) is 0 Å². The van der Waals surface area contributed by atoms with Crippen molar-refractivity contribution < 1.29 is 21.6 Å². The standard InChI is InChI=1S/C17H19F3N2O2S/c18-17(19,20)14-3-1-4-16(11-14)25(23,24)12-13-5-7-15(8-6-13)22-10-2-9-21-22/h1-4,9-11,13,15H,5-8,12H2. The van der Waals surface area contributed by atoms with E-state index in [-0.39, 0.29) is 22.6 Å². The van der Waals surface area contributed by atoms with Crippen LogP contribution in [0.5, 0.6) is 0 Å². The lowest BCUT2D eigenvalue weighted by Gasteiger charge is -2.28. The number of hydrogen-bond acceptors (Lipinski definition) is 3. The number of hydrogen-bond donors (Lipinski definition) is 0. The van der Waals surface area contributed by atoms with Crippen LogP contribution < -0.4 is 0 Å². The van der Waals surface area contributed by atoms with Gasteiger partial charge in [0.05, 0.1) is 22.3 Å². The van der Waals surface area contributed by atoms with Gasteiger partial charge >= 0.3 is 6.18 Å². The fraction of sp³-hybridized carbons (Fsp3) is 0.471. The van der Waals surface area contributed by atoms with Gasteiger partial charge in [0, 0.05) is 12.4 Å². The molecule has 4 nitrogen and oxygen atoms in total. The molecule has 1 aromatic carbocycles. The Hall–Kier alpha value is -1.83. The molecule has 1 heterocycles. The van der Waals surface area contributed by atoms with E-state index in [2.05, 4.69) is 5.10 Å². The van der Waals surface area contributed by atoms with Gasteiger partial charge in [-0.05, 0) is 55.9 Å². The minimum Gasteiger partial charge on any atom is -0.270 e. The Morgan fingerprint density at radius 2 is 1.84 bits per heavy atom. The number of benzene rings is 1. The number of rotatable bonds is 4. The quantitative estimate of drug-likeness (QED) is 0.812. The fourth-order valence-corrected chi connectivity index (χ4v) is 5.08. The van der Waals surface area contributed by atoms with Gasteiger partial charge in [-0.1, -0.05) is 6.07 Å². The van der Waals surface area contributed by atoms with Gasteiger partial charge in [0.2, 0.25) is 0 Å². The first kappa shape index (κ1) is 18.0. The highest BCUT2D eigenvalue weighted by Crippen LogP contribution is 2.34. The van der Waals surface area contributed by atoms with E-state index in [1.54, 1.807) is 6.20 Å². The summed E-state index contributed by atoms with van der Waals surface area (Å²) >= 11 is 0. The predicted octanol–water partition coefficient (Wildman–Crippen LogP) is 4.11. The maximum atomic E-state index is 12.8. The maximum absolute atomic E-state index is 12.8. The number of aromatic nitrogens is 2. The zero-order valence-corrected chi connectivity index (χ0v) is 14.3. The van der Waals surface area contributed by atoms with Crippen LogP contribution in [0.2, 0.25) is 0 Å². The molecule has 1 aliphatic rings. The van der Waals surface area contributed by atoms with Gasteiger partial charge in [0.15, 0.2) is 9.84 Å². The van der Waals surface area contributed by atoms with Crippen molar-refractivity contribution >= 4 is 9.84 Å². The van der Waals surface area contributed by atoms with Gasteiger partial charge in [-0.15, -0.1) is 0 Å². The summed E-state index contributed by atoms with van der Waals surface area (Å²) in [6.07, 6.45) is 2.16. The summed E-state index contributed by atoms with van der Waals surface area (Å²) in [7, 11) is -3.74. The highest BCUT2D eigenvalue weighted by atomic mass is 32.2. The monoisotopic (exact) mass is 372 g/mol. The van der Waals surface area contributed by atoms with Crippen molar-refractivity contribution in [2.45, 2.75) is 42.8 Å². The average Bonchev–Trinajstić information content (AvgIpc) is 3.09. The second kappa shape index (κ2) is 6.82. The summed E-state index contributed by atoms with van der Waals surface area (Å²) in [4.78, 5) is -0.253. The molecule has 0 saturated heterocycles. The average molecular weight is 372 g/mol. The Morgan fingerprint density at radius 3 is 2.44 bits per heavy atom. The fourth-order valence-electron chi connectivity index (χ4n) is 3.35. The molecule has 25 heavy (non-hydrogen) atoms. The van der Waals surface area contributed by atoms with Crippen LogP contribution in [0, 0.1) is 5.92 Å². The molecule has 0 atom stereocenters. The summed E-state index contributed by atoms with van der Waals surface area (Å²) in [6.45, 7) is 0. The van der Waals surface area contributed by atoms with Gasteiger partial charge < -0.3 is 0 Å². The second-order valence-corrected chi connectivity index (χ2v) is 8.50. The highest BCUT2D eigenvalue weighted by molar-refractivity contribution is 7.91. The molecule has 136 valence electrons. The van der Waals surface area contributed by atoms with Crippen molar-refractivity contribution in [2.75, 3.05) is 5.75 Å². The molecule has 0 N–H and O–H groups in total. The Balaban J connectivity index is 1.67. The van der Waals surface area contributed by atoms with Crippen LogP contribution in [0.15, 0.2) is 47.6 Å². The van der Waals surface area contributed by atoms with Crippen LogP contribution in [0.4, 0.5) is 13.2 Å². The first-order valence-electron chi connectivity index (χ1n) is 8.15. The van der Waals surface area contributed by atoms with Crippen LogP contribution in [0.3, 0.4) is 0 Å². The normalized spacial score (nSPS) is 22.0. The minimum atomic E-state index is -4.55. The molecule has 0 unspecified atom stereocenters. The molecule has 1 aliphatic carbocycles. The highest BCUT2D eigenvalue weighted by Gasteiger charge is 2.32. The van der Waals surface area contributed by atoms with Crippen molar-refractivity contribution in [3.8, 4) is 0 Å². The van der Waals surface area contributed by atoms with Crippen LogP contribution in [0.25, 0.3) is 0 Å². The Kier molecular flexibility index (Phi) is 4.90. The molecule has 1 saturated carbocycles. The molecule has 1 aromatic heterocycles. The van der Waals surface area contributed by atoms with Gasteiger partial charge in [-0.3, -0.25) is 4.68 Å². The Bertz CT molecular complexity index is 809. The molecular weight excluding hydrogens is 353 g/mol. The largest absolute Gasteiger partial charge is 0.416 e. The van der Waals surface area contributed by atoms with Gasteiger partial charge in [0.25, 0.3) is 0 Å². The smallest absolute Gasteiger partial charge is 0.270 e. The van der Waals surface area contributed by atoms with Crippen LogP contribution >= 0.6 is 0 Å². The van der Waals surface area contributed by atoms with E-state index < -0.39 is 21.6 Å². The number of alkyl halides is 3. The topological polar surface area (TPSA) is 52.0 Å². The minimum absolute atomic E-state index is 0.0358. The van der Waals surface area contributed by atoms with E-state index in [0.29, 0.717) is 0 Å². The summed E-state index contributed by atoms with van der Waals surface area (Å²) in [5, 5.41) is 4.21. The zero-order valence-electron chi connectivity index (χ0n) is 13.5. The third-order valence-electron chi connectivity index (χ3n) is 4.69. The Morgan fingerprint density at radius 1 is 1.12 bits per heavy atom. The first-order valence-corrected chi connectivity index (χ1v) is 9.80. The molecule has 8 heteroatoms. The van der Waals surface area contributed by atoms with Crippen LogP contribution in [-0.2, 0) is 16.0 Å². The van der Waals surface area contributed by atoms with Crippen molar-refractivity contribution in [3.05, 3.63) is 48.3 Å². The summed E-state index contributed by atoms with van der Waals surface area (Å²) in [5.74, 6) is -0.147. The lowest BCUT2D eigenvalue weighted by Crippen LogP contribution is -2.24. The number of sulfone groups is 1. The van der Waals surface area contributed by atoms with Crippen molar-refractivity contribution in [1.82, 2.24) is 9.78 Å². The van der Waals surface area contributed by atoms with Gasteiger partial charge in [0.1, 0.15) is 0 Å². The van der Waals surface area contributed by atoms with E-state index in [9.17, 15) is 21.6 Å². The maximum Gasteiger partial charge on any atom is 0.416 e. The molecule has 0 radical (unpaired) electrons. The molecule has 0 aliphatic heterocycles. The molecule has 3 rings (SSSR count). The molecule has 0 spiro atoms. The third kappa shape index (κ3) is 4.23. The van der Waals surface area contributed by atoms with E-state index in [4.69, 9.17) is 0 Å². The van der Waals surface area contributed by atoms with Crippen LogP contribution in [0.1, 0.15) is 37.3 Å². The third-order valence-corrected chi connectivity index (χ3v) is 6.57. The summed E-state index contributed by atoms with van der Waals surface area (Å²) in [5.41, 5.74) is -0.934. The second-order valence-electron chi connectivity index (χ2n) is 6.47. The summed E-state index contributed by atoms with van der Waals surface area (Å²) < 4.78 is 65.3. The van der Waals surface area contributed by atoms with Gasteiger partial charge in [-0.25, -0.2) is 8.42 Å². The molecule has 0 amide bonds. The lowest BCUT2D eigenvalue weighted by molar-refractivity contribution is -0.137. The number of halogens is 3. The van der Waals surface area contributed by atoms with Crippen molar-refractivity contribution in [2.24, 2.45) is 5.92 Å². The Labute approximate surface area is 144 Å². The van der Waals surface area contributed by atoms with Crippen molar-refractivity contribution in [3.63, 3.8) is 0 Å². The molecule has 2 aromatic rings. The van der Waals surface area contributed by atoms with Gasteiger partial charge in [-0.2, -0.15) is 18.3 Å². The lowest BCUT2D eigenvalue weighted by atomic mass is 9.87. The molecular formula is C17H19F3N2O2S. The van der Waals surface area contributed by atoms with Crippen LogP contribution in [-0.4, -0.2) is 24.0 Å². The summed E-state index contributed by atoms with van der Waals surface area (Å²) in [6, 6.07) is 6.11. The predicted molar refractivity (Wildman–Crippen MR) is 86.7 cm³/mol. The van der Waals surface area contributed by atoms with E-state index in [0.717, 1.165) is 43.9 Å². The first-order chi connectivity index (χ1) is 11.8. The molecule has 1 fully saturated rings. The van der Waals surface area contributed by atoms with E-state index in [1.807, 2.05) is 16.9 Å².